The highest BCUT2D eigenvalue weighted by molar-refractivity contribution is 6.09. The molecule has 0 saturated carbocycles. The van der Waals surface area contributed by atoms with Gasteiger partial charge < -0.3 is 24.8 Å². The van der Waals surface area contributed by atoms with Crippen LogP contribution in [0, 0.1) is 10.1 Å². The molecule has 1 heterocycles. The van der Waals surface area contributed by atoms with Crippen molar-refractivity contribution in [3.63, 3.8) is 0 Å². The Labute approximate surface area is 194 Å². The number of carbonyl (C=O) groups is 2. The van der Waals surface area contributed by atoms with E-state index in [-0.39, 0.29) is 46.5 Å². The van der Waals surface area contributed by atoms with Crippen molar-refractivity contribution in [3.8, 4) is 17.2 Å². The Morgan fingerprint density at radius 3 is 2.35 bits per heavy atom. The number of nitrogens with zero attached hydrogens (tertiary/aromatic N) is 2. The number of pyridine rings is 1. The summed E-state index contributed by atoms with van der Waals surface area (Å²) < 4.78 is 15.5. The first-order valence-corrected chi connectivity index (χ1v) is 9.96. The van der Waals surface area contributed by atoms with Gasteiger partial charge in [0.05, 0.1) is 38.5 Å². The highest BCUT2D eigenvalue weighted by Gasteiger charge is 2.32. The molecule has 0 atom stereocenters. The fourth-order valence-electron chi connectivity index (χ4n) is 3.21. The van der Waals surface area contributed by atoms with Crippen molar-refractivity contribution in [1.82, 2.24) is 10.3 Å². The zero-order valence-electron chi connectivity index (χ0n) is 18.7. The van der Waals surface area contributed by atoms with E-state index >= 15 is 0 Å². The van der Waals surface area contributed by atoms with Crippen LogP contribution >= 0.6 is 0 Å². The molecule has 0 bridgehead atoms. The van der Waals surface area contributed by atoms with Crippen LogP contribution in [0.4, 0.5) is 11.4 Å². The van der Waals surface area contributed by atoms with Crippen LogP contribution in [-0.2, 0) is 6.54 Å². The summed E-state index contributed by atoms with van der Waals surface area (Å²) in [6, 6.07) is 12.7. The summed E-state index contributed by atoms with van der Waals surface area (Å²) in [5.74, 6) is -1.35. The molecule has 34 heavy (non-hydrogen) atoms. The van der Waals surface area contributed by atoms with E-state index in [0.29, 0.717) is 5.69 Å². The molecular formula is C23H22N4O7. The van der Waals surface area contributed by atoms with Crippen LogP contribution in [0.2, 0.25) is 0 Å². The Morgan fingerprint density at radius 2 is 1.74 bits per heavy atom. The molecule has 11 nitrogen and oxygen atoms in total. The minimum Gasteiger partial charge on any atom is -0.493 e. The van der Waals surface area contributed by atoms with Crippen molar-refractivity contribution in [1.29, 1.82) is 0 Å². The first kappa shape index (κ1) is 24.0. The van der Waals surface area contributed by atoms with Crippen LogP contribution < -0.4 is 24.8 Å². The average Bonchev–Trinajstić information content (AvgIpc) is 2.86. The molecule has 0 aliphatic rings. The van der Waals surface area contributed by atoms with E-state index in [4.69, 9.17) is 14.2 Å². The van der Waals surface area contributed by atoms with Crippen LogP contribution in [0.5, 0.6) is 17.2 Å². The summed E-state index contributed by atoms with van der Waals surface area (Å²) in [5.41, 5.74) is 0.355. The second-order valence-electron chi connectivity index (χ2n) is 6.84. The molecule has 3 rings (SSSR count). The van der Waals surface area contributed by atoms with Gasteiger partial charge in [-0.25, -0.2) is 0 Å². The van der Waals surface area contributed by atoms with Crippen LogP contribution in [0.25, 0.3) is 0 Å². The fraction of sp³-hybridized carbons (Fsp3) is 0.174. The largest absolute Gasteiger partial charge is 0.493 e. The molecule has 0 aliphatic heterocycles. The SMILES string of the molecule is COc1cc(C(=O)Nc2cccc(C(=O)NCc3ccccn3)c2)c([N+](=O)[O-])c(OC)c1OC. The number of hydrogen-bond acceptors (Lipinski definition) is 8. The van der Waals surface area contributed by atoms with Crippen LogP contribution in [-0.4, -0.2) is 43.1 Å². The van der Waals surface area contributed by atoms with E-state index in [9.17, 15) is 19.7 Å². The summed E-state index contributed by atoms with van der Waals surface area (Å²) in [6.45, 7) is 0.230. The number of amides is 2. The third kappa shape index (κ3) is 5.21. The maximum absolute atomic E-state index is 13.0. The van der Waals surface area contributed by atoms with E-state index < -0.39 is 16.5 Å². The van der Waals surface area contributed by atoms with Crippen molar-refractivity contribution in [2.45, 2.75) is 6.54 Å². The Bertz CT molecular complexity index is 1220. The molecule has 0 radical (unpaired) electrons. The standard InChI is InChI=1S/C23H22N4O7/c1-32-18-12-17(19(27(30)31)21(34-3)20(18)33-2)23(29)26-15-9-6-7-14(11-15)22(28)25-13-16-8-4-5-10-24-16/h4-12H,13H2,1-3H3,(H,25,28)(H,26,29). The van der Waals surface area contributed by atoms with Crippen molar-refractivity contribution in [2.24, 2.45) is 0 Å². The van der Waals surface area contributed by atoms with Gasteiger partial charge in [0.25, 0.3) is 11.8 Å². The Morgan fingerprint density at radius 1 is 0.971 bits per heavy atom. The summed E-state index contributed by atoms with van der Waals surface area (Å²) in [4.78, 5) is 40.7. The molecule has 0 saturated heterocycles. The first-order valence-electron chi connectivity index (χ1n) is 9.96. The number of rotatable bonds is 9. The van der Waals surface area contributed by atoms with Gasteiger partial charge in [-0.15, -0.1) is 0 Å². The van der Waals surface area contributed by atoms with Gasteiger partial charge in [-0.2, -0.15) is 0 Å². The minimum atomic E-state index is -0.794. The van der Waals surface area contributed by atoms with Gasteiger partial charge >= 0.3 is 5.69 Å². The molecule has 3 aromatic rings. The molecule has 176 valence electrons. The van der Waals surface area contributed by atoms with Crippen LogP contribution in [0.1, 0.15) is 26.4 Å². The Balaban J connectivity index is 1.86. The van der Waals surface area contributed by atoms with Crippen LogP contribution in [0.3, 0.4) is 0 Å². The molecule has 1 aromatic heterocycles. The molecule has 0 fully saturated rings. The zero-order chi connectivity index (χ0) is 24.7. The Kier molecular flexibility index (Phi) is 7.60. The predicted molar refractivity (Wildman–Crippen MR) is 123 cm³/mol. The molecule has 11 heteroatoms. The fourth-order valence-corrected chi connectivity index (χ4v) is 3.21. The van der Waals surface area contributed by atoms with Crippen molar-refractivity contribution in [2.75, 3.05) is 26.6 Å². The van der Waals surface area contributed by atoms with E-state index in [0.717, 1.165) is 0 Å². The number of hydrogen-bond donors (Lipinski definition) is 2. The van der Waals surface area contributed by atoms with E-state index in [2.05, 4.69) is 15.6 Å². The first-order chi connectivity index (χ1) is 16.4. The molecule has 2 aromatic carbocycles. The number of nitro benzene ring substituents is 1. The second-order valence-corrected chi connectivity index (χ2v) is 6.84. The number of ether oxygens (including phenoxy) is 3. The summed E-state index contributed by atoms with van der Waals surface area (Å²) in [5, 5.41) is 17.1. The number of carbonyl (C=O) groups excluding carboxylic acids is 2. The maximum Gasteiger partial charge on any atom is 0.327 e. The molecule has 0 unspecified atom stereocenters. The van der Waals surface area contributed by atoms with Crippen molar-refractivity contribution < 1.29 is 28.7 Å². The monoisotopic (exact) mass is 466 g/mol. The number of methoxy groups -OCH3 is 3. The molecule has 0 spiro atoms. The normalized spacial score (nSPS) is 10.2. The Hall–Kier alpha value is -4.67. The topological polar surface area (TPSA) is 142 Å². The van der Waals surface area contributed by atoms with Gasteiger partial charge in [0.15, 0.2) is 5.75 Å². The highest BCUT2D eigenvalue weighted by atomic mass is 16.6. The summed E-state index contributed by atoms with van der Waals surface area (Å²) in [7, 11) is 3.85. The smallest absolute Gasteiger partial charge is 0.327 e. The van der Waals surface area contributed by atoms with E-state index in [1.165, 1.54) is 33.5 Å². The number of aromatic nitrogens is 1. The van der Waals surface area contributed by atoms with Crippen LogP contribution in [0.15, 0.2) is 54.7 Å². The third-order valence-electron chi connectivity index (χ3n) is 4.77. The maximum atomic E-state index is 13.0. The van der Waals surface area contributed by atoms with Crippen molar-refractivity contribution in [3.05, 3.63) is 81.7 Å². The lowest BCUT2D eigenvalue weighted by Crippen LogP contribution is -2.23. The van der Waals surface area contributed by atoms with E-state index in [1.807, 2.05) is 6.07 Å². The van der Waals surface area contributed by atoms with Gasteiger partial charge in [-0.1, -0.05) is 12.1 Å². The second kappa shape index (κ2) is 10.8. The van der Waals surface area contributed by atoms with Gasteiger partial charge in [-0.3, -0.25) is 24.7 Å². The zero-order valence-corrected chi connectivity index (χ0v) is 18.7. The lowest BCUT2D eigenvalue weighted by molar-refractivity contribution is -0.386. The van der Waals surface area contributed by atoms with Crippen molar-refractivity contribution >= 4 is 23.2 Å². The van der Waals surface area contributed by atoms with Gasteiger partial charge in [0.2, 0.25) is 11.5 Å². The van der Waals surface area contributed by atoms with Gasteiger partial charge in [-0.05, 0) is 30.3 Å². The van der Waals surface area contributed by atoms with Gasteiger partial charge in [0.1, 0.15) is 5.56 Å². The number of nitrogens with one attached hydrogen (secondary N) is 2. The van der Waals surface area contributed by atoms with Gasteiger partial charge in [0, 0.05) is 23.5 Å². The third-order valence-corrected chi connectivity index (χ3v) is 4.77. The molecule has 2 amide bonds. The number of nitro groups is 1. The highest BCUT2D eigenvalue weighted by Crippen LogP contribution is 2.46. The molecule has 2 N–H and O–H groups in total. The summed E-state index contributed by atoms with van der Waals surface area (Å²) >= 11 is 0. The minimum absolute atomic E-state index is 0.0141. The average molecular weight is 466 g/mol. The molecule has 0 aliphatic carbocycles. The van der Waals surface area contributed by atoms with E-state index in [1.54, 1.807) is 36.5 Å². The quantitative estimate of drug-likeness (QED) is 0.362. The lowest BCUT2D eigenvalue weighted by Gasteiger charge is -2.15. The molecular weight excluding hydrogens is 444 g/mol. The lowest BCUT2D eigenvalue weighted by atomic mass is 10.1. The number of benzene rings is 2. The summed E-state index contributed by atoms with van der Waals surface area (Å²) in [6.07, 6.45) is 1.62. The number of anilines is 1. The predicted octanol–water partition coefficient (Wildman–Crippen LogP) is 3.20.